The van der Waals surface area contributed by atoms with E-state index in [-0.39, 0.29) is 0 Å². The van der Waals surface area contributed by atoms with Crippen LogP contribution in [0.15, 0.2) is 12.7 Å². The molecule has 56 valence electrons. The van der Waals surface area contributed by atoms with Crippen LogP contribution in [-0.4, -0.2) is 0 Å². The molecule has 10 heavy (non-hydrogen) atoms. The molecule has 2 saturated carbocycles. The van der Waals surface area contributed by atoms with Crippen molar-refractivity contribution in [2.24, 2.45) is 23.7 Å². The van der Waals surface area contributed by atoms with Gasteiger partial charge in [-0.1, -0.05) is 13.0 Å². The average molecular weight is 136 g/mol. The molecule has 4 atom stereocenters. The summed E-state index contributed by atoms with van der Waals surface area (Å²) in [4.78, 5) is 0. The first-order chi connectivity index (χ1) is 4.83. The summed E-state index contributed by atoms with van der Waals surface area (Å²) in [6.45, 7) is 6.31. The van der Waals surface area contributed by atoms with E-state index in [0.717, 1.165) is 23.7 Å². The van der Waals surface area contributed by atoms with Gasteiger partial charge in [0.15, 0.2) is 0 Å². The van der Waals surface area contributed by atoms with Gasteiger partial charge in [0, 0.05) is 0 Å². The van der Waals surface area contributed by atoms with E-state index in [2.05, 4.69) is 19.6 Å². The monoisotopic (exact) mass is 136 g/mol. The first kappa shape index (κ1) is 6.45. The summed E-state index contributed by atoms with van der Waals surface area (Å²) in [5.74, 6) is 3.86. The smallest absolute Gasteiger partial charge is 0.0179 e. The molecule has 4 unspecified atom stereocenters. The Bertz CT molecular complexity index is 146. The van der Waals surface area contributed by atoms with Gasteiger partial charge >= 0.3 is 0 Å². The highest BCUT2D eigenvalue weighted by atomic mass is 14.5. The Hall–Kier alpha value is -0.260. The van der Waals surface area contributed by atoms with Crippen molar-refractivity contribution in [2.45, 2.75) is 26.2 Å². The Morgan fingerprint density at radius 1 is 1.30 bits per heavy atom. The molecule has 0 heterocycles. The SMILES string of the molecule is C=CC1C2CCC(C2)C1C. The molecule has 2 fully saturated rings. The molecule has 2 aliphatic carbocycles. The van der Waals surface area contributed by atoms with Gasteiger partial charge in [-0.15, -0.1) is 6.58 Å². The van der Waals surface area contributed by atoms with Crippen molar-refractivity contribution in [3.05, 3.63) is 12.7 Å². The summed E-state index contributed by atoms with van der Waals surface area (Å²) in [7, 11) is 0. The van der Waals surface area contributed by atoms with E-state index < -0.39 is 0 Å². The molecule has 2 rings (SSSR count). The maximum Gasteiger partial charge on any atom is -0.0179 e. The predicted octanol–water partition coefficient (Wildman–Crippen LogP) is 2.85. The van der Waals surface area contributed by atoms with Crippen molar-refractivity contribution in [2.75, 3.05) is 0 Å². The summed E-state index contributed by atoms with van der Waals surface area (Å²) < 4.78 is 0. The fourth-order valence-corrected chi connectivity index (χ4v) is 3.03. The van der Waals surface area contributed by atoms with Crippen LogP contribution in [0.2, 0.25) is 0 Å². The summed E-state index contributed by atoms with van der Waals surface area (Å²) in [5.41, 5.74) is 0. The number of hydrogen-bond donors (Lipinski definition) is 0. The molecule has 0 nitrogen and oxygen atoms in total. The van der Waals surface area contributed by atoms with Crippen LogP contribution < -0.4 is 0 Å². The van der Waals surface area contributed by atoms with Crippen LogP contribution in [0.4, 0.5) is 0 Å². The van der Waals surface area contributed by atoms with Crippen molar-refractivity contribution < 1.29 is 0 Å². The molecule has 0 N–H and O–H groups in total. The molecule has 0 radical (unpaired) electrons. The van der Waals surface area contributed by atoms with Gasteiger partial charge in [-0.2, -0.15) is 0 Å². The largest absolute Gasteiger partial charge is 0.103 e. The minimum Gasteiger partial charge on any atom is -0.103 e. The van der Waals surface area contributed by atoms with E-state index in [1.807, 2.05) is 0 Å². The van der Waals surface area contributed by atoms with Gasteiger partial charge in [0.2, 0.25) is 0 Å². The van der Waals surface area contributed by atoms with Crippen molar-refractivity contribution in [3.8, 4) is 0 Å². The van der Waals surface area contributed by atoms with Gasteiger partial charge in [-0.3, -0.25) is 0 Å². The molecule has 0 aromatic rings. The van der Waals surface area contributed by atoms with Gasteiger partial charge in [0.1, 0.15) is 0 Å². The van der Waals surface area contributed by atoms with Crippen molar-refractivity contribution in [1.82, 2.24) is 0 Å². The lowest BCUT2D eigenvalue weighted by Crippen LogP contribution is -2.17. The molecule has 0 aliphatic heterocycles. The Balaban J connectivity index is 2.16. The highest BCUT2D eigenvalue weighted by molar-refractivity contribution is 5.01. The van der Waals surface area contributed by atoms with Gasteiger partial charge in [-0.25, -0.2) is 0 Å². The Kier molecular flexibility index (Phi) is 1.36. The molecule has 0 aromatic carbocycles. The van der Waals surface area contributed by atoms with Crippen LogP contribution in [-0.2, 0) is 0 Å². The standard InChI is InChI=1S/C10H16/c1-3-10-7(2)8-4-5-9(10)6-8/h3,7-10H,1,4-6H2,2H3. The third-order valence-electron chi connectivity index (χ3n) is 3.68. The highest BCUT2D eigenvalue weighted by Gasteiger charge is 2.43. The summed E-state index contributed by atoms with van der Waals surface area (Å²) in [5, 5.41) is 0. The molecule has 0 heteroatoms. The second-order valence-electron chi connectivity index (χ2n) is 4.01. The highest BCUT2D eigenvalue weighted by Crippen LogP contribution is 2.52. The fraction of sp³-hybridized carbons (Fsp3) is 0.800. The molecular formula is C10H16. The Morgan fingerprint density at radius 3 is 2.40 bits per heavy atom. The average Bonchev–Trinajstić information content (AvgIpc) is 2.46. The summed E-state index contributed by atoms with van der Waals surface area (Å²) in [6, 6.07) is 0. The van der Waals surface area contributed by atoms with Crippen molar-refractivity contribution in [3.63, 3.8) is 0 Å². The number of rotatable bonds is 1. The Morgan fingerprint density at radius 2 is 2.00 bits per heavy atom. The zero-order chi connectivity index (χ0) is 7.14. The quantitative estimate of drug-likeness (QED) is 0.486. The second-order valence-corrected chi connectivity index (χ2v) is 4.01. The number of fused-ring (bicyclic) bond motifs is 2. The fourth-order valence-electron chi connectivity index (χ4n) is 3.03. The molecule has 0 amide bonds. The van der Waals surface area contributed by atoms with Crippen LogP contribution in [0.5, 0.6) is 0 Å². The van der Waals surface area contributed by atoms with Crippen LogP contribution in [0.3, 0.4) is 0 Å². The minimum absolute atomic E-state index is 0.860. The number of hydrogen-bond acceptors (Lipinski definition) is 0. The van der Waals surface area contributed by atoms with Crippen molar-refractivity contribution in [1.29, 1.82) is 0 Å². The summed E-state index contributed by atoms with van der Waals surface area (Å²) >= 11 is 0. The summed E-state index contributed by atoms with van der Waals surface area (Å²) in [6.07, 6.45) is 6.66. The van der Waals surface area contributed by atoms with Crippen molar-refractivity contribution >= 4 is 0 Å². The normalized spacial score (nSPS) is 51.7. The zero-order valence-electron chi connectivity index (χ0n) is 6.72. The lowest BCUT2D eigenvalue weighted by molar-refractivity contribution is 0.288. The second kappa shape index (κ2) is 2.11. The van der Waals surface area contributed by atoms with Crippen LogP contribution >= 0.6 is 0 Å². The van der Waals surface area contributed by atoms with E-state index in [4.69, 9.17) is 0 Å². The molecule has 2 bridgehead atoms. The van der Waals surface area contributed by atoms with E-state index >= 15 is 0 Å². The van der Waals surface area contributed by atoms with E-state index in [0.29, 0.717) is 0 Å². The van der Waals surface area contributed by atoms with Gasteiger partial charge in [-0.05, 0) is 42.9 Å². The first-order valence-corrected chi connectivity index (χ1v) is 4.45. The molecule has 2 aliphatic rings. The maximum atomic E-state index is 3.91. The number of allylic oxidation sites excluding steroid dienone is 1. The van der Waals surface area contributed by atoms with Gasteiger partial charge in [0.25, 0.3) is 0 Å². The molecule has 0 saturated heterocycles. The van der Waals surface area contributed by atoms with Crippen LogP contribution in [0.1, 0.15) is 26.2 Å². The van der Waals surface area contributed by atoms with Gasteiger partial charge in [0.05, 0.1) is 0 Å². The Labute approximate surface area is 63.3 Å². The van der Waals surface area contributed by atoms with Crippen LogP contribution in [0, 0.1) is 23.7 Å². The van der Waals surface area contributed by atoms with E-state index in [1.165, 1.54) is 19.3 Å². The minimum atomic E-state index is 0.860. The topological polar surface area (TPSA) is 0 Å². The molecule has 0 aromatic heterocycles. The maximum absolute atomic E-state index is 3.91. The molecular weight excluding hydrogens is 120 g/mol. The third kappa shape index (κ3) is 0.680. The lowest BCUT2D eigenvalue weighted by atomic mass is 9.81. The lowest BCUT2D eigenvalue weighted by Gasteiger charge is -2.24. The predicted molar refractivity (Wildman–Crippen MR) is 43.7 cm³/mol. The van der Waals surface area contributed by atoms with Gasteiger partial charge < -0.3 is 0 Å². The first-order valence-electron chi connectivity index (χ1n) is 4.45. The van der Waals surface area contributed by atoms with E-state index in [9.17, 15) is 0 Å². The third-order valence-corrected chi connectivity index (χ3v) is 3.68. The zero-order valence-corrected chi connectivity index (χ0v) is 6.72. The molecule has 0 spiro atoms. The van der Waals surface area contributed by atoms with E-state index in [1.54, 1.807) is 0 Å². The van der Waals surface area contributed by atoms with Crippen LogP contribution in [0.25, 0.3) is 0 Å².